The largest absolute Gasteiger partial charge is 0.497 e. The molecule has 0 aliphatic heterocycles. The van der Waals surface area contributed by atoms with E-state index in [2.05, 4.69) is 10.3 Å². The number of benzene rings is 2. The first-order valence-corrected chi connectivity index (χ1v) is 9.09. The molecule has 1 amide bonds. The number of ether oxygens (including phenoxy) is 1. The van der Waals surface area contributed by atoms with Gasteiger partial charge in [-0.25, -0.2) is 9.37 Å². The number of rotatable bonds is 5. The molecule has 0 radical (unpaired) electrons. The zero-order valence-corrected chi connectivity index (χ0v) is 15.3. The molecule has 0 fully saturated rings. The number of hydrogen-bond donors (Lipinski definition) is 1. The van der Waals surface area contributed by atoms with E-state index >= 15 is 0 Å². The predicted octanol–water partition coefficient (Wildman–Crippen LogP) is 4.14. The zero-order valence-electron chi connectivity index (χ0n) is 14.5. The van der Waals surface area contributed by atoms with E-state index in [1.807, 2.05) is 34.9 Å². The molecule has 5 nitrogen and oxygen atoms in total. The van der Waals surface area contributed by atoms with Crippen molar-refractivity contribution >= 4 is 22.2 Å². The molecule has 0 aliphatic carbocycles. The van der Waals surface area contributed by atoms with E-state index in [1.165, 1.54) is 23.5 Å². The lowest BCUT2D eigenvalue weighted by molar-refractivity contribution is 0.0946. The number of aromatic nitrogens is 2. The molecule has 1 N–H and O–H groups in total. The molecule has 0 atom stereocenters. The summed E-state index contributed by atoms with van der Waals surface area (Å²) in [5.74, 6) is 0.244. The van der Waals surface area contributed by atoms with Gasteiger partial charge in [-0.3, -0.25) is 9.20 Å². The van der Waals surface area contributed by atoms with E-state index in [1.54, 1.807) is 25.4 Å². The summed E-state index contributed by atoms with van der Waals surface area (Å²) < 4.78 is 19.9. The van der Waals surface area contributed by atoms with Gasteiger partial charge in [-0.1, -0.05) is 23.5 Å². The molecule has 0 aliphatic rings. The van der Waals surface area contributed by atoms with Gasteiger partial charge in [-0.15, -0.1) is 0 Å². The van der Waals surface area contributed by atoms with Gasteiger partial charge in [0.1, 0.15) is 17.3 Å². The second-order valence-corrected chi connectivity index (χ2v) is 6.96. The molecule has 0 unspecified atom stereocenters. The van der Waals surface area contributed by atoms with Crippen LogP contribution in [0.15, 0.2) is 60.9 Å². The number of imidazole rings is 1. The Morgan fingerprint density at radius 2 is 1.89 bits per heavy atom. The summed E-state index contributed by atoms with van der Waals surface area (Å²) in [6.07, 6.45) is 3.66. The second-order valence-electron chi connectivity index (χ2n) is 5.95. The Morgan fingerprint density at radius 1 is 1.15 bits per heavy atom. The first-order valence-electron chi connectivity index (χ1n) is 8.28. The molecule has 2 heterocycles. The predicted molar refractivity (Wildman–Crippen MR) is 103 cm³/mol. The minimum atomic E-state index is -0.299. The summed E-state index contributed by atoms with van der Waals surface area (Å²) >= 11 is 1.51. The first kappa shape index (κ1) is 17.2. The summed E-state index contributed by atoms with van der Waals surface area (Å²) in [6.45, 7) is 0.321. The van der Waals surface area contributed by atoms with Gasteiger partial charge in [0.15, 0.2) is 4.96 Å². The number of amides is 1. The summed E-state index contributed by atoms with van der Waals surface area (Å²) in [4.78, 5) is 18.5. The monoisotopic (exact) mass is 381 g/mol. The lowest BCUT2D eigenvalue weighted by Gasteiger charge is -2.03. The molecule has 4 rings (SSSR count). The van der Waals surface area contributed by atoms with Crippen LogP contribution in [0.2, 0.25) is 0 Å². The van der Waals surface area contributed by atoms with Gasteiger partial charge in [0, 0.05) is 18.9 Å². The zero-order chi connectivity index (χ0) is 18.8. The van der Waals surface area contributed by atoms with Crippen LogP contribution in [0.25, 0.3) is 15.4 Å². The van der Waals surface area contributed by atoms with Crippen LogP contribution in [0.5, 0.6) is 5.75 Å². The molecule has 0 saturated carbocycles. The number of carbonyl (C=O) groups excluding carboxylic acids is 1. The topological polar surface area (TPSA) is 55.6 Å². The molecule has 136 valence electrons. The average molecular weight is 381 g/mol. The number of carbonyl (C=O) groups is 1. The highest BCUT2D eigenvalue weighted by atomic mass is 32.1. The molecule has 0 saturated heterocycles. The van der Waals surface area contributed by atoms with Crippen molar-refractivity contribution in [2.75, 3.05) is 7.11 Å². The SMILES string of the molecule is COc1ccc(-c2cn3cc(C(=O)NCc4ccc(F)cc4)nc3s2)cc1. The molecule has 27 heavy (non-hydrogen) atoms. The Kier molecular flexibility index (Phi) is 4.60. The number of nitrogens with zero attached hydrogens (tertiary/aromatic N) is 2. The number of thiazole rings is 1. The standard InChI is InChI=1S/C20H16FN3O2S/c1-26-16-8-4-14(5-9-16)18-12-24-11-17(23-20(24)27-18)19(25)22-10-13-2-6-15(21)7-3-13/h2-9,11-12H,10H2,1H3,(H,22,25). The molecule has 7 heteroatoms. The Balaban J connectivity index is 1.47. The number of fused-ring (bicyclic) bond motifs is 1. The van der Waals surface area contributed by atoms with E-state index in [0.717, 1.165) is 26.7 Å². The molecular weight excluding hydrogens is 365 g/mol. The quantitative estimate of drug-likeness (QED) is 0.565. The molecule has 0 bridgehead atoms. The van der Waals surface area contributed by atoms with E-state index in [-0.39, 0.29) is 11.7 Å². The van der Waals surface area contributed by atoms with Crippen LogP contribution in [-0.2, 0) is 6.54 Å². The highest BCUT2D eigenvalue weighted by Gasteiger charge is 2.13. The Morgan fingerprint density at radius 3 is 2.56 bits per heavy atom. The van der Waals surface area contributed by atoms with Gasteiger partial charge in [-0.05, 0) is 47.5 Å². The fourth-order valence-corrected chi connectivity index (χ4v) is 3.64. The van der Waals surface area contributed by atoms with Crippen LogP contribution in [0.4, 0.5) is 4.39 Å². The van der Waals surface area contributed by atoms with Crippen LogP contribution < -0.4 is 10.1 Å². The molecule has 2 aromatic heterocycles. The first-order chi connectivity index (χ1) is 13.1. The molecule has 2 aromatic carbocycles. The third-order valence-electron chi connectivity index (χ3n) is 4.13. The Hall–Kier alpha value is -3.19. The fourth-order valence-electron chi connectivity index (χ4n) is 2.67. The highest BCUT2D eigenvalue weighted by molar-refractivity contribution is 7.20. The van der Waals surface area contributed by atoms with Crippen LogP contribution in [-0.4, -0.2) is 22.4 Å². The minimum Gasteiger partial charge on any atom is -0.497 e. The number of hydrogen-bond acceptors (Lipinski definition) is 4. The van der Waals surface area contributed by atoms with E-state index < -0.39 is 0 Å². The summed E-state index contributed by atoms with van der Waals surface area (Å²) in [5.41, 5.74) is 2.24. The molecular formula is C20H16FN3O2S. The van der Waals surface area contributed by atoms with Crippen molar-refractivity contribution in [1.82, 2.24) is 14.7 Å². The summed E-state index contributed by atoms with van der Waals surface area (Å²) in [7, 11) is 1.64. The van der Waals surface area contributed by atoms with E-state index in [9.17, 15) is 9.18 Å². The smallest absolute Gasteiger partial charge is 0.271 e. The fraction of sp³-hybridized carbons (Fsp3) is 0.100. The highest BCUT2D eigenvalue weighted by Crippen LogP contribution is 2.29. The van der Waals surface area contributed by atoms with E-state index in [0.29, 0.717) is 12.2 Å². The van der Waals surface area contributed by atoms with Gasteiger partial charge in [0.05, 0.1) is 12.0 Å². The van der Waals surface area contributed by atoms with Crippen molar-refractivity contribution < 1.29 is 13.9 Å². The maximum Gasteiger partial charge on any atom is 0.271 e. The van der Waals surface area contributed by atoms with Gasteiger partial charge < -0.3 is 10.1 Å². The lowest BCUT2D eigenvalue weighted by atomic mass is 10.2. The summed E-state index contributed by atoms with van der Waals surface area (Å²) in [6, 6.07) is 13.8. The van der Waals surface area contributed by atoms with Gasteiger partial charge in [0.2, 0.25) is 0 Å². The average Bonchev–Trinajstić information content (AvgIpc) is 3.27. The van der Waals surface area contributed by atoms with Gasteiger partial charge in [-0.2, -0.15) is 0 Å². The van der Waals surface area contributed by atoms with Crippen molar-refractivity contribution in [3.8, 4) is 16.2 Å². The van der Waals surface area contributed by atoms with Crippen molar-refractivity contribution in [3.05, 3.63) is 78.0 Å². The van der Waals surface area contributed by atoms with Gasteiger partial charge in [0.25, 0.3) is 5.91 Å². The molecule has 0 spiro atoms. The maximum absolute atomic E-state index is 12.9. The van der Waals surface area contributed by atoms with Crippen molar-refractivity contribution in [2.24, 2.45) is 0 Å². The van der Waals surface area contributed by atoms with Crippen molar-refractivity contribution in [2.45, 2.75) is 6.54 Å². The maximum atomic E-state index is 12.9. The van der Waals surface area contributed by atoms with Gasteiger partial charge >= 0.3 is 0 Å². The van der Waals surface area contributed by atoms with Crippen LogP contribution in [0.3, 0.4) is 0 Å². The second kappa shape index (κ2) is 7.20. The summed E-state index contributed by atoms with van der Waals surface area (Å²) in [5, 5.41) is 2.80. The molecule has 4 aromatic rings. The third-order valence-corrected chi connectivity index (χ3v) is 5.18. The number of nitrogens with one attached hydrogen (secondary N) is 1. The van der Waals surface area contributed by atoms with Crippen LogP contribution >= 0.6 is 11.3 Å². The lowest BCUT2D eigenvalue weighted by Crippen LogP contribution is -2.23. The number of methoxy groups -OCH3 is 1. The van der Waals surface area contributed by atoms with Crippen LogP contribution in [0, 0.1) is 5.82 Å². The van der Waals surface area contributed by atoms with E-state index in [4.69, 9.17) is 4.74 Å². The third kappa shape index (κ3) is 3.68. The van der Waals surface area contributed by atoms with Crippen molar-refractivity contribution in [3.63, 3.8) is 0 Å². The Labute approximate surface area is 159 Å². The number of halogens is 1. The van der Waals surface area contributed by atoms with Crippen LogP contribution in [0.1, 0.15) is 16.1 Å². The Bertz CT molecular complexity index is 1050. The van der Waals surface area contributed by atoms with Crippen molar-refractivity contribution in [1.29, 1.82) is 0 Å². The minimum absolute atomic E-state index is 0.263. The normalized spacial score (nSPS) is 10.9.